The molecule has 0 unspecified atom stereocenters. The highest BCUT2D eigenvalue weighted by atomic mass is 16.2. The molecule has 1 aliphatic rings. The van der Waals surface area contributed by atoms with E-state index in [0.717, 1.165) is 36.9 Å². The molecule has 3 heteroatoms. The maximum atomic E-state index is 12.3. The number of benzene rings is 1. The molecule has 18 heavy (non-hydrogen) atoms. The molecule has 2 rings (SSSR count). The van der Waals surface area contributed by atoms with Crippen molar-refractivity contribution in [2.75, 3.05) is 5.73 Å². The molecular formula is C15H22N2O. The Morgan fingerprint density at radius 3 is 2.61 bits per heavy atom. The van der Waals surface area contributed by atoms with Gasteiger partial charge in [-0.05, 0) is 24.5 Å². The van der Waals surface area contributed by atoms with Crippen LogP contribution >= 0.6 is 0 Å². The van der Waals surface area contributed by atoms with Crippen LogP contribution in [0.4, 0.5) is 5.69 Å². The number of amides is 1. The van der Waals surface area contributed by atoms with Gasteiger partial charge in [0, 0.05) is 17.6 Å². The molecular weight excluding hydrogens is 224 g/mol. The maximum absolute atomic E-state index is 12.3. The highest BCUT2D eigenvalue weighted by molar-refractivity contribution is 5.82. The second-order valence-corrected chi connectivity index (χ2v) is 5.50. The molecule has 1 aliphatic carbocycles. The highest BCUT2D eigenvalue weighted by Crippen LogP contribution is 2.35. The number of hydrogen-bond acceptors (Lipinski definition) is 2. The topological polar surface area (TPSA) is 55.1 Å². The minimum Gasteiger partial charge on any atom is -0.398 e. The van der Waals surface area contributed by atoms with Gasteiger partial charge in [0.1, 0.15) is 0 Å². The number of rotatable bonds is 3. The molecule has 3 N–H and O–H groups in total. The van der Waals surface area contributed by atoms with E-state index < -0.39 is 0 Å². The molecule has 98 valence electrons. The first-order valence-corrected chi connectivity index (χ1v) is 6.73. The number of para-hydroxylation sites is 1. The van der Waals surface area contributed by atoms with Crippen molar-refractivity contribution in [2.24, 2.45) is 5.41 Å². The predicted molar refractivity (Wildman–Crippen MR) is 73.9 cm³/mol. The third-order valence-corrected chi connectivity index (χ3v) is 4.00. The van der Waals surface area contributed by atoms with Crippen molar-refractivity contribution < 1.29 is 4.79 Å². The normalized spacial score (nSPS) is 18.3. The Bertz CT molecular complexity index is 422. The first kappa shape index (κ1) is 12.9. The summed E-state index contributed by atoms with van der Waals surface area (Å²) in [5, 5.41) is 3.03. The predicted octanol–water partition coefficient (Wildman–Crippen LogP) is 2.86. The minimum absolute atomic E-state index is 0.172. The second-order valence-electron chi connectivity index (χ2n) is 5.50. The van der Waals surface area contributed by atoms with E-state index in [9.17, 15) is 4.79 Å². The Hall–Kier alpha value is -1.51. The fourth-order valence-corrected chi connectivity index (χ4v) is 2.64. The summed E-state index contributed by atoms with van der Waals surface area (Å²) in [6, 6.07) is 7.67. The monoisotopic (exact) mass is 246 g/mol. The second kappa shape index (κ2) is 5.42. The molecule has 0 bridgehead atoms. The van der Waals surface area contributed by atoms with Crippen molar-refractivity contribution in [3.05, 3.63) is 29.8 Å². The maximum Gasteiger partial charge on any atom is 0.226 e. The quantitative estimate of drug-likeness (QED) is 0.806. The van der Waals surface area contributed by atoms with E-state index in [-0.39, 0.29) is 11.3 Å². The standard InChI is InChI=1S/C15H22N2O/c1-15(9-5-2-6-10-15)14(18)17-11-12-7-3-4-8-13(12)16/h3-4,7-8H,2,5-6,9-11,16H2,1H3,(H,17,18). The third-order valence-electron chi connectivity index (χ3n) is 4.00. The van der Waals surface area contributed by atoms with Crippen LogP contribution in [-0.4, -0.2) is 5.91 Å². The largest absolute Gasteiger partial charge is 0.398 e. The van der Waals surface area contributed by atoms with Gasteiger partial charge in [0.25, 0.3) is 0 Å². The van der Waals surface area contributed by atoms with Gasteiger partial charge in [-0.25, -0.2) is 0 Å². The molecule has 0 aliphatic heterocycles. The lowest BCUT2D eigenvalue weighted by atomic mass is 9.75. The number of carbonyl (C=O) groups excluding carboxylic acids is 1. The van der Waals surface area contributed by atoms with Gasteiger partial charge in [-0.3, -0.25) is 4.79 Å². The lowest BCUT2D eigenvalue weighted by molar-refractivity contribution is -0.132. The number of hydrogen-bond donors (Lipinski definition) is 2. The number of nitrogen functional groups attached to an aromatic ring is 1. The number of nitrogens with one attached hydrogen (secondary N) is 1. The molecule has 0 aromatic heterocycles. The zero-order valence-electron chi connectivity index (χ0n) is 11.0. The molecule has 1 aromatic rings. The van der Waals surface area contributed by atoms with Gasteiger partial charge in [-0.1, -0.05) is 44.4 Å². The smallest absolute Gasteiger partial charge is 0.226 e. The van der Waals surface area contributed by atoms with Crippen molar-refractivity contribution in [2.45, 2.75) is 45.6 Å². The van der Waals surface area contributed by atoms with E-state index in [1.54, 1.807) is 0 Å². The number of nitrogens with two attached hydrogens (primary N) is 1. The Morgan fingerprint density at radius 1 is 1.28 bits per heavy atom. The van der Waals surface area contributed by atoms with Crippen LogP contribution in [0.2, 0.25) is 0 Å². The van der Waals surface area contributed by atoms with Crippen molar-refractivity contribution in [3.63, 3.8) is 0 Å². The SMILES string of the molecule is CC1(C(=O)NCc2ccccc2N)CCCCC1. The molecule has 1 saturated carbocycles. The van der Waals surface area contributed by atoms with Crippen LogP contribution in [0.5, 0.6) is 0 Å². The first-order valence-electron chi connectivity index (χ1n) is 6.73. The zero-order valence-corrected chi connectivity index (χ0v) is 11.0. The van der Waals surface area contributed by atoms with Crippen molar-refractivity contribution in [3.8, 4) is 0 Å². The lowest BCUT2D eigenvalue weighted by Gasteiger charge is -2.32. The van der Waals surface area contributed by atoms with Crippen LogP contribution in [0.15, 0.2) is 24.3 Å². The first-order chi connectivity index (χ1) is 8.62. The molecule has 1 amide bonds. The third kappa shape index (κ3) is 2.84. The van der Waals surface area contributed by atoms with E-state index in [2.05, 4.69) is 12.2 Å². The summed E-state index contributed by atoms with van der Waals surface area (Å²) in [4.78, 5) is 12.3. The van der Waals surface area contributed by atoms with Gasteiger partial charge in [0.05, 0.1) is 0 Å². The van der Waals surface area contributed by atoms with Crippen LogP contribution in [-0.2, 0) is 11.3 Å². The van der Waals surface area contributed by atoms with E-state index in [4.69, 9.17) is 5.73 Å². The summed E-state index contributed by atoms with van der Waals surface area (Å²) in [5.41, 5.74) is 7.42. The van der Waals surface area contributed by atoms with Gasteiger partial charge in [0.2, 0.25) is 5.91 Å². The number of anilines is 1. The minimum atomic E-state index is -0.179. The Balaban J connectivity index is 1.94. The van der Waals surface area contributed by atoms with E-state index >= 15 is 0 Å². The summed E-state index contributed by atoms with van der Waals surface area (Å²) < 4.78 is 0. The van der Waals surface area contributed by atoms with E-state index in [1.807, 2.05) is 24.3 Å². The Kier molecular flexibility index (Phi) is 3.90. The molecule has 1 fully saturated rings. The van der Waals surface area contributed by atoms with Crippen LogP contribution in [0.3, 0.4) is 0 Å². The summed E-state index contributed by atoms with van der Waals surface area (Å²) in [5.74, 6) is 0.172. The molecule has 0 atom stereocenters. The average Bonchev–Trinajstić information content (AvgIpc) is 2.38. The van der Waals surface area contributed by atoms with Crippen molar-refractivity contribution in [1.29, 1.82) is 0 Å². The van der Waals surface area contributed by atoms with E-state index in [1.165, 1.54) is 6.42 Å². The molecule has 0 spiro atoms. The average molecular weight is 246 g/mol. The molecule has 0 saturated heterocycles. The molecule has 0 radical (unpaired) electrons. The fourth-order valence-electron chi connectivity index (χ4n) is 2.64. The van der Waals surface area contributed by atoms with Crippen molar-refractivity contribution in [1.82, 2.24) is 5.32 Å². The van der Waals surface area contributed by atoms with E-state index in [0.29, 0.717) is 6.54 Å². The van der Waals surface area contributed by atoms with Gasteiger partial charge < -0.3 is 11.1 Å². The molecule has 0 heterocycles. The van der Waals surface area contributed by atoms with Crippen LogP contribution in [0.25, 0.3) is 0 Å². The Morgan fingerprint density at radius 2 is 1.94 bits per heavy atom. The van der Waals surface area contributed by atoms with Gasteiger partial charge >= 0.3 is 0 Å². The Labute approximate surface area is 109 Å². The molecule has 3 nitrogen and oxygen atoms in total. The van der Waals surface area contributed by atoms with Gasteiger partial charge in [-0.2, -0.15) is 0 Å². The summed E-state index contributed by atoms with van der Waals surface area (Å²) in [6.45, 7) is 2.61. The zero-order chi connectivity index (χ0) is 13.0. The van der Waals surface area contributed by atoms with Crippen LogP contribution in [0.1, 0.15) is 44.6 Å². The van der Waals surface area contributed by atoms with Crippen LogP contribution in [0, 0.1) is 5.41 Å². The summed E-state index contributed by atoms with van der Waals surface area (Å²) >= 11 is 0. The fraction of sp³-hybridized carbons (Fsp3) is 0.533. The summed E-state index contributed by atoms with van der Waals surface area (Å²) in [6.07, 6.45) is 5.59. The van der Waals surface area contributed by atoms with Gasteiger partial charge in [0.15, 0.2) is 0 Å². The number of carbonyl (C=O) groups is 1. The lowest BCUT2D eigenvalue weighted by Crippen LogP contribution is -2.39. The molecule has 1 aromatic carbocycles. The van der Waals surface area contributed by atoms with Crippen LogP contribution < -0.4 is 11.1 Å². The van der Waals surface area contributed by atoms with Gasteiger partial charge in [-0.15, -0.1) is 0 Å². The highest BCUT2D eigenvalue weighted by Gasteiger charge is 2.34. The van der Waals surface area contributed by atoms with Crippen molar-refractivity contribution >= 4 is 11.6 Å². The summed E-state index contributed by atoms with van der Waals surface area (Å²) in [7, 11) is 0.